The topological polar surface area (TPSA) is 37.6 Å². The summed E-state index contributed by atoms with van der Waals surface area (Å²) in [6, 6.07) is 10.6. The SMILES string of the molecule is CCCCN(CCCC)C(=O)Cc1c(-c2ccc(C)c(C)c2)nc2c(C)cccn12. The number of carbonyl (C=O) groups excluding carboxylic acids is 1. The number of aryl methyl sites for hydroxylation is 3. The third-order valence-electron chi connectivity index (χ3n) is 5.96. The van der Waals surface area contributed by atoms with Crippen molar-refractivity contribution in [1.29, 1.82) is 0 Å². The molecule has 0 aliphatic rings. The van der Waals surface area contributed by atoms with Gasteiger partial charge in [-0.1, -0.05) is 44.9 Å². The van der Waals surface area contributed by atoms with Crippen LogP contribution in [0, 0.1) is 20.8 Å². The molecule has 0 aliphatic carbocycles. The lowest BCUT2D eigenvalue weighted by molar-refractivity contribution is -0.130. The number of carbonyl (C=O) groups is 1. The van der Waals surface area contributed by atoms with E-state index in [9.17, 15) is 4.79 Å². The van der Waals surface area contributed by atoms with Crippen molar-refractivity contribution in [2.45, 2.75) is 66.7 Å². The van der Waals surface area contributed by atoms with Crippen molar-refractivity contribution in [3.8, 4) is 11.3 Å². The number of fused-ring (bicyclic) bond motifs is 1. The van der Waals surface area contributed by atoms with Crippen LogP contribution in [0.5, 0.6) is 0 Å². The summed E-state index contributed by atoms with van der Waals surface area (Å²) in [5.41, 5.74) is 7.55. The van der Waals surface area contributed by atoms with Gasteiger partial charge in [0.1, 0.15) is 5.65 Å². The fraction of sp³-hybridized carbons (Fsp3) is 0.462. The Morgan fingerprint density at radius 1 is 0.967 bits per heavy atom. The first kappa shape index (κ1) is 22.1. The lowest BCUT2D eigenvalue weighted by Gasteiger charge is -2.22. The van der Waals surface area contributed by atoms with Crippen molar-refractivity contribution in [2.75, 3.05) is 13.1 Å². The molecule has 0 fully saturated rings. The molecule has 0 unspecified atom stereocenters. The number of aromatic nitrogens is 2. The molecule has 1 aromatic carbocycles. The fourth-order valence-corrected chi connectivity index (χ4v) is 3.86. The number of hydrogen-bond donors (Lipinski definition) is 0. The number of amides is 1. The number of pyridine rings is 1. The normalized spacial score (nSPS) is 11.2. The molecule has 160 valence electrons. The van der Waals surface area contributed by atoms with Crippen LogP contribution in [-0.4, -0.2) is 33.3 Å². The van der Waals surface area contributed by atoms with E-state index in [2.05, 4.69) is 63.3 Å². The molecular weight excluding hydrogens is 370 g/mol. The average Bonchev–Trinajstić information content (AvgIpc) is 3.10. The van der Waals surface area contributed by atoms with Crippen LogP contribution in [-0.2, 0) is 11.2 Å². The minimum Gasteiger partial charge on any atom is -0.342 e. The average molecular weight is 406 g/mol. The maximum absolute atomic E-state index is 13.3. The molecule has 0 N–H and O–H groups in total. The molecule has 0 bridgehead atoms. The first-order valence-corrected chi connectivity index (χ1v) is 11.3. The number of benzene rings is 1. The van der Waals surface area contributed by atoms with E-state index >= 15 is 0 Å². The Morgan fingerprint density at radius 3 is 2.30 bits per heavy atom. The van der Waals surface area contributed by atoms with E-state index in [0.29, 0.717) is 6.42 Å². The summed E-state index contributed by atoms with van der Waals surface area (Å²) in [6.45, 7) is 12.3. The highest BCUT2D eigenvalue weighted by Gasteiger charge is 2.21. The van der Waals surface area contributed by atoms with Crippen LogP contribution in [0.2, 0.25) is 0 Å². The van der Waals surface area contributed by atoms with E-state index in [1.807, 2.05) is 17.2 Å². The molecule has 0 saturated carbocycles. The molecule has 0 spiro atoms. The minimum absolute atomic E-state index is 0.199. The van der Waals surface area contributed by atoms with E-state index in [1.54, 1.807) is 0 Å². The molecule has 30 heavy (non-hydrogen) atoms. The predicted molar refractivity (Wildman–Crippen MR) is 125 cm³/mol. The molecule has 1 amide bonds. The Bertz CT molecular complexity index is 1010. The van der Waals surface area contributed by atoms with E-state index in [0.717, 1.165) is 66.9 Å². The Morgan fingerprint density at radius 2 is 1.67 bits per heavy atom. The number of unbranched alkanes of at least 4 members (excludes halogenated alkanes) is 2. The summed E-state index contributed by atoms with van der Waals surface area (Å²) in [4.78, 5) is 20.4. The number of nitrogens with zero attached hydrogens (tertiary/aromatic N) is 3. The third kappa shape index (κ3) is 4.75. The van der Waals surface area contributed by atoms with Gasteiger partial charge in [-0.15, -0.1) is 0 Å². The zero-order chi connectivity index (χ0) is 21.7. The highest BCUT2D eigenvalue weighted by atomic mass is 16.2. The van der Waals surface area contributed by atoms with Crippen LogP contribution >= 0.6 is 0 Å². The van der Waals surface area contributed by atoms with E-state index in [1.165, 1.54) is 11.1 Å². The van der Waals surface area contributed by atoms with Crippen molar-refractivity contribution in [2.24, 2.45) is 0 Å². The number of rotatable bonds is 9. The zero-order valence-electron chi connectivity index (χ0n) is 19.2. The van der Waals surface area contributed by atoms with Gasteiger partial charge in [0.2, 0.25) is 5.91 Å². The van der Waals surface area contributed by atoms with Crippen LogP contribution in [0.1, 0.15) is 61.9 Å². The zero-order valence-corrected chi connectivity index (χ0v) is 19.2. The second kappa shape index (κ2) is 9.92. The summed E-state index contributed by atoms with van der Waals surface area (Å²) in [5.74, 6) is 0.199. The fourth-order valence-electron chi connectivity index (χ4n) is 3.86. The van der Waals surface area contributed by atoms with E-state index < -0.39 is 0 Å². The smallest absolute Gasteiger partial charge is 0.228 e. The molecule has 2 aromatic heterocycles. The number of hydrogen-bond acceptors (Lipinski definition) is 2. The highest BCUT2D eigenvalue weighted by Crippen LogP contribution is 2.28. The summed E-state index contributed by atoms with van der Waals surface area (Å²) in [5, 5.41) is 0. The summed E-state index contributed by atoms with van der Waals surface area (Å²) < 4.78 is 2.11. The molecule has 0 atom stereocenters. The second-order valence-electron chi connectivity index (χ2n) is 8.36. The first-order chi connectivity index (χ1) is 14.5. The van der Waals surface area contributed by atoms with Gasteiger partial charge in [-0.2, -0.15) is 0 Å². The van der Waals surface area contributed by atoms with Gasteiger partial charge in [0.15, 0.2) is 0 Å². The van der Waals surface area contributed by atoms with Crippen molar-refractivity contribution in [3.63, 3.8) is 0 Å². The van der Waals surface area contributed by atoms with Crippen LogP contribution in [0.3, 0.4) is 0 Å². The van der Waals surface area contributed by atoms with Crippen LogP contribution in [0.25, 0.3) is 16.9 Å². The van der Waals surface area contributed by atoms with Gasteiger partial charge in [-0.3, -0.25) is 4.79 Å². The molecule has 3 aromatic rings. The Hall–Kier alpha value is -2.62. The van der Waals surface area contributed by atoms with Crippen LogP contribution in [0.4, 0.5) is 0 Å². The van der Waals surface area contributed by atoms with Crippen molar-refractivity contribution >= 4 is 11.6 Å². The molecule has 2 heterocycles. The number of imidazole rings is 1. The standard InChI is InChI=1S/C26H35N3O/c1-6-8-14-28(15-9-7-2)24(30)18-23-25(22-13-12-19(3)21(5)17-22)27-26-20(4)11-10-16-29(23)26/h10-13,16-17H,6-9,14-15,18H2,1-5H3. The van der Waals surface area contributed by atoms with Gasteiger partial charge in [-0.25, -0.2) is 4.98 Å². The molecular formula is C26H35N3O. The van der Waals surface area contributed by atoms with Gasteiger partial charge >= 0.3 is 0 Å². The molecule has 0 aliphatic heterocycles. The Labute approximate surface area is 180 Å². The maximum Gasteiger partial charge on any atom is 0.228 e. The molecule has 4 heteroatoms. The third-order valence-corrected chi connectivity index (χ3v) is 5.96. The van der Waals surface area contributed by atoms with E-state index in [4.69, 9.17) is 4.98 Å². The second-order valence-corrected chi connectivity index (χ2v) is 8.36. The quantitative estimate of drug-likeness (QED) is 0.444. The molecule has 3 rings (SSSR count). The summed E-state index contributed by atoms with van der Waals surface area (Å²) in [7, 11) is 0. The molecule has 4 nitrogen and oxygen atoms in total. The van der Waals surface area contributed by atoms with Gasteiger partial charge < -0.3 is 9.30 Å². The molecule has 0 radical (unpaired) electrons. The van der Waals surface area contributed by atoms with Crippen LogP contribution < -0.4 is 0 Å². The summed E-state index contributed by atoms with van der Waals surface area (Å²) in [6.07, 6.45) is 6.69. The van der Waals surface area contributed by atoms with Crippen molar-refractivity contribution in [3.05, 3.63) is 58.9 Å². The summed E-state index contributed by atoms with van der Waals surface area (Å²) >= 11 is 0. The lowest BCUT2D eigenvalue weighted by atomic mass is 10.0. The molecule has 0 saturated heterocycles. The van der Waals surface area contributed by atoms with Gasteiger partial charge in [-0.05, 0) is 62.4 Å². The van der Waals surface area contributed by atoms with Crippen LogP contribution in [0.15, 0.2) is 36.5 Å². The largest absolute Gasteiger partial charge is 0.342 e. The monoisotopic (exact) mass is 405 g/mol. The lowest BCUT2D eigenvalue weighted by Crippen LogP contribution is -2.34. The first-order valence-electron chi connectivity index (χ1n) is 11.3. The van der Waals surface area contributed by atoms with Gasteiger partial charge in [0.25, 0.3) is 0 Å². The highest BCUT2D eigenvalue weighted by molar-refractivity contribution is 5.82. The maximum atomic E-state index is 13.3. The Kier molecular flexibility index (Phi) is 7.30. The van der Waals surface area contributed by atoms with Gasteiger partial charge in [0, 0.05) is 24.8 Å². The minimum atomic E-state index is 0.199. The van der Waals surface area contributed by atoms with E-state index in [-0.39, 0.29) is 5.91 Å². The van der Waals surface area contributed by atoms with Gasteiger partial charge in [0.05, 0.1) is 17.8 Å². The Balaban J connectivity index is 2.03. The van der Waals surface area contributed by atoms with Crippen molar-refractivity contribution in [1.82, 2.24) is 14.3 Å². The van der Waals surface area contributed by atoms with Crippen molar-refractivity contribution < 1.29 is 4.79 Å². The predicted octanol–water partition coefficient (Wildman–Crippen LogP) is 5.90.